The summed E-state index contributed by atoms with van der Waals surface area (Å²) in [5.74, 6) is 0.363. The predicted molar refractivity (Wildman–Crippen MR) is 102 cm³/mol. The molecule has 26 heavy (non-hydrogen) atoms. The summed E-state index contributed by atoms with van der Waals surface area (Å²) in [5, 5.41) is 3.51. The van der Waals surface area contributed by atoms with Gasteiger partial charge in [-0.3, -0.25) is 9.59 Å². The number of hydrogen-bond acceptors (Lipinski definition) is 6. The van der Waals surface area contributed by atoms with Crippen LogP contribution in [0.2, 0.25) is 0 Å². The van der Waals surface area contributed by atoms with Crippen LogP contribution in [0, 0.1) is 13.8 Å². The Morgan fingerprint density at radius 1 is 1.31 bits per heavy atom. The number of thiophene rings is 1. The zero-order valence-corrected chi connectivity index (χ0v) is 15.9. The van der Waals surface area contributed by atoms with Crippen LogP contribution < -0.4 is 10.9 Å². The first kappa shape index (κ1) is 18.2. The van der Waals surface area contributed by atoms with E-state index in [2.05, 4.69) is 25.3 Å². The Balaban J connectivity index is 1.69. The number of rotatable bonds is 6. The minimum absolute atomic E-state index is 0.125. The molecule has 0 aliphatic heterocycles. The third kappa shape index (κ3) is 3.65. The van der Waals surface area contributed by atoms with Crippen LogP contribution in [0.15, 0.2) is 17.3 Å². The lowest BCUT2D eigenvalue weighted by Gasteiger charge is -2.08. The van der Waals surface area contributed by atoms with E-state index in [1.54, 1.807) is 0 Å². The van der Waals surface area contributed by atoms with E-state index < -0.39 is 0 Å². The number of amides is 1. The van der Waals surface area contributed by atoms with Crippen molar-refractivity contribution in [1.82, 2.24) is 25.3 Å². The van der Waals surface area contributed by atoms with Crippen molar-refractivity contribution in [3.63, 3.8) is 0 Å². The van der Waals surface area contributed by atoms with Gasteiger partial charge in [-0.2, -0.15) is 0 Å². The van der Waals surface area contributed by atoms with E-state index in [1.807, 2.05) is 20.8 Å². The minimum Gasteiger partial charge on any atom is -0.351 e. The smallest absolute Gasteiger partial charge is 0.259 e. The van der Waals surface area contributed by atoms with Crippen molar-refractivity contribution in [2.45, 2.75) is 40.0 Å². The van der Waals surface area contributed by atoms with Crippen molar-refractivity contribution >= 4 is 27.5 Å². The highest BCUT2D eigenvalue weighted by molar-refractivity contribution is 7.18. The van der Waals surface area contributed by atoms with Gasteiger partial charge in [0, 0.05) is 24.0 Å². The van der Waals surface area contributed by atoms with Crippen molar-refractivity contribution in [1.29, 1.82) is 0 Å². The summed E-state index contributed by atoms with van der Waals surface area (Å²) in [5.41, 5.74) is 2.10. The van der Waals surface area contributed by atoms with Crippen LogP contribution in [0.3, 0.4) is 0 Å². The summed E-state index contributed by atoms with van der Waals surface area (Å²) >= 11 is 1.52. The standard InChI is InChI=1S/C18H21N5O2S/c1-4-5-13-12(8-19-9-21-13)16(24)20-7-6-14-22-17(25)15-10(2)11(3)26-18(15)23-14/h8-9H,4-7H2,1-3H3,(H,20,24)(H,22,23,25). The van der Waals surface area contributed by atoms with Crippen LogP contribution in [0.1, 0.15) is 45.7 Å². The SMILES string of the molecule is CCCc1ncncc1C(=O)NCCc1nc2sc(C)c(C)c2c(=O)[nH]1. The molecule has 3 heterocycles. The molecule has 136 valence electrons. The highest BCUT2D eigenvalue weighted by atomic mass is 32.1. The summed E-state index contributed by atoms with van der Waals surface area (Å²) in [6.45, 7) is 6.32. The van der Waals surface area contributed by atoms with Gasteiger partial charge in [0.15, 0.2) is 0 Å². The molecular weight excluding hydrogens is 350 g/mol. The number of aryl methyl sites for hydroxylation is 3. The van der Waals surface area contributed by atoms with Crippen LogP contribution in [-0.4, -0.2) is 32.4 Å². The fourth-order valence-electron chi connectivity index (χ4n) is 2.79. The summed E-state index contributed by atoms with van der Waals surface area (Å²) in [7, 11) is 0. The van der Waals surface area contributed by atoms with Gasteiger partial charge in [0.25, 0.3) is 11.5 Å². The van der Waals surface area contributed by atoms with Gasteiger partial charge in [0.2, 0.25) is 0 Å². The van der Waals surface area contributed by atoms with E-state index in [-0.39, 0.29) is 11.5 Å². The number of nitrogens with zero attached hydrogens (tertiary/aromatic N) is 3. The van der Waals surface area contributed by atoms with Crippen LogP contribution in [-0.2, 0) is 12.8 Å². The van der Waals surface area contributed by atoms with Crippen molar-refractivity contribution in [3.8, 4) is 0 Å². The molecule has 2 N–H and O–H groups in total. The Morgan fingerprint density at radius 2 is 2.12 bits per heavy atom. The van der Waals surface area contributed by atoms with E-state index in [1.165, 1.54) is 23.9 Å². The van der Waals surface area contributed by atoms with Crippen molar-refractivity contribution in [2.75, 3.05) is 6.54 Å². The Bertz CT molecular complexity index is 1010. The molecule has 0 atom stereocenters. The van der Waals surface area contributed by atoms with Gasteiger partial charge in [-0.05, 0) is 25.8 Å². The maximum absolute atomic E-state index is 12.4. The van der Waals surface area contributed by atoms with E-state index >= 15 is 0 Å². The van der Waals surface area contributed by atoms with Gasteiger partial charge in [-0.25, -0.2) is 15.0 Å². The molecule has 0 saturated heterocycles. The largest absolute Gasteiger partial charge is 0.351 e. The number of hydrogen-bond donors (Lipinski definition) is 2. The first-order chi connectivity index (χ1) is 12.5. The molecule has 3 aromatic rings. The first-order valence-electron chi connectivity index (χ1n) is 8.57. The summed E-state index contributed by atoms with van der Waals surface area (Å²) < 4.78 is 0. The molecule has 3 rings (SSSR count). The number of carbonyl (C=O) groups is 1. The maximum atomic E-state index is 12.4. The molecule has 3 aromatic heterocycles. The number of aromatic amines is 1. The number of H-pyrrole nitrogens is 1. The first-order valence-corrected chi connectivity index (χ1v) is 9.38. The van der Waals surface area contributed by atoms with Crippen LogP contribution in [0.25, 0.3) is 10.2 Å². The van der Waals surface area contributed by atoms with E-state index in [0.717, 1.165) is 33.8 Å². The average Bonchev–Trinajstić information content (AvgIpc) is 2.90. The topological polar surface area (TPSA) is 101 Å². The Hall–Kier alpha value is -2.61. The molecule has 0 aliphatic rings. The Morgan fingerprint density at radius 3 is 2.88 bits per heavy atom. The third-order valence-corrected chi connectivity index (χ3v) is 5.36. The fraction of sp³-hybridized carbons (Fsp3) is 0.389. The van der Waals surface area contributed by atoms with Crippen molar-refractivity contribution in [3.05, 3.63) is 50.4 Å². The second-order valence-electron chi connectivity index (χ2n) is 6.12. The van der Waals surface area contributed by atoms with Crippen molar-refractivity contribution < 1.29 is 4.79 Å². The van der Waals surface area contributed by atoms with E-state index in [0.29, 0.717) is 29.7 Å². The lowest BCUT2D eigenvalue weighted by molar-refractivity contribution is 0.0952. The average molecular weight is 371 g/mol. The molecule has 8 heteroatoms. The molecule has 0 bridgehead atoms. The molecule has 0 radical (unpaired) electrons. The maximum Gasteiger partial charge on any atom is 0.259 e. The van der Waals surface area contributed by atoms with E-state index in [9.17, 15) is 9.59 Å². The molecule has 0 fully saturated rings. The normalized spacial score (nSPS) is 11.0. The van der Waals surface area contributed by atoms with E-state index in [4.69, 9.17) is 0 Å². The highest BCUT2D eigenvalue weighted by Crippen LogP contribution is 2.25. The quantitative estimate of drug-likeness (QED) is 0.692. The Kier molecular flexibility index (Phi) is 5.41. The number of aromatic nitrogens is 4. The number of nitrogens with one attached hydrogen (secondary N) is 2. The number of carbonyl (C=O) groups excluding carboxylic acids is 1. The van der Waals surface area contributed by atoms with Gasteiger partial charge < -0.3 is 10.3 Å². The molecule has 0 saturated carbocycles. The summed E-state index contributed by atoms with van der Waals surface area (Å²) in [6.07, 6.45) is 5.08. The lowest BCUT2D eigenvalue weighted by Crippen LogP contribution is -2.28. The highest BCUT2D eigenvalue weighted by Gasteiger charge is 2.14. The second kappa shape index (κ2) is 7.74. The molecule has 0 aliphatic carbocycles. The van der Waals surface area contributed by atoms with Gasteiger partial charge in [0.1, 0.15) is 17.0 Å². The fourth-order valence-corrected chi connectivity index (χ4v) is 3.84. The zero-order chi connectivity index (χ0) is 18.7. The van der Waals surface area contributed by atoms with Gasteiger partial charge in [-0.1, -0.05) is 13.3 Å². The minimum atomic E-state index is -0.208. The van der Waals surface area contributed by atoms with Gasteiger partial charge >= 0.3 is 0 Å². The van der Waals surface area contributed by atoms with Gasteiger partial charge in [-0.15, -0.1) is 11.3 Å². The zero-order valence-electron chi connectivity index (χ0n) is 15.0. The molecule has 0 spiro atoms. The molecule has 0 unspecified atom stereocenters. The molecule has 0 aromatic carbocycles. The Labute approximate surface area is 154 Å². The predicted octanol–water partition coefficient (Wildman–Crippen LogP) is 2.32. The van der Waals surface area contributed by atoms with Crippen LogP contribution >= 0.6 is 11.3 Å². The molecular formula is C18H21N5O2S. The van der Waals surface area contributed by atoms with Crippen LogP contribution in [0.4, 0.5) is 0 Å². The van der Waals surface area contributed by atoms with Gasteiger partial charge in [0.05, 0.1) is 16.6 Å². The molecule has 1 amide bonds. The monoisotopic (exact) mass is 371 g/mol. The third-order valence-electron chi connectivity index (χ3n) is 4.26. The number of fused-ring (bicyclic) bond motifs is 1. The van der Waals surface area contributed by atoms with Crippen molar-refractivity contribution in [2.24, 2.45) is 0 Å². The second-order valence-corrected chi connectivity index (χ2v) is 7.32. The summed E-state index contributed by atoms with van der Waals surface area (Å²) in [4.78, 5) is 41.9. The summed E-state index contributed by atoms with van der Waals surface area (Å²) in [6, 6.07) is 0. The van der Waals surface area contributed by atoms with Crippen LogP contribution in [0.5, 0.6) is 0 Å². The lowest BCUT2D eigenvalue weighted by atomic mass is 10.1. The molecule has 7 nitrogen and oxygen atoms in total.